The standard InChI is InChI=1S/C9H16O3/c1-6(2)7(5-9(10)11)8-3-4-12-8/h6-8H,3-5H2,1-2H3,(H,10,11). The van der Waals surface area contributed by atoms with E-state index in [-0.39, 0.29) is 18.4 Å². The Kier molecular flexibility index (Phi) is 3.09. The van der Waals surface area contributed by atoms with Gasteiger partial charge in [-0.2, -0.15) is 0 Å². The summed E-state index contributed by atoms with van der Waals surface area (Å²) in [5, 5.41) is 8.65. The number of rotatable bonds is 4. The first kappa shape index (κ1) is 9.52. The summed E-state index contributed by atoms with van der Waals surface area (Å²) in [6.45, 7) is 4.90. The fourth-order valence-electron chi connectivity index (χ4n) is 1.59. The van der Waals surface area contributed by atoms with Crippen LogP contribution in [0.25, 0.3) is 0 Å². The summed E-state index contributed by atoms with van der Waals surface area (Å²) in [7, 11) is 0. The molecule has 1 heterocycles. The maximum Gasteiger partial charge on any atom is 0.303 e. The molecule has 1 rings (SSSR count). The van der Waals surface area contributed by atoms with Crippen molar-refractivity contribution >= 4 is 5.97 Å². The van der Waals surface area contributed by atoms with Gasteiger partial charge in [-0.15, -0.1) is 0 Å². The molecule has 0 aromatic carbocycles. The monoisotopic (exact) mass is 172 g/mol. The third-order valence-corrected chi connectivity index (χ3v) is 2.48. The highest BCUT2D eigenvalue weighted by Crippen LogP contribution is 2.29. The Balaban J connectivity index is 2.42. The van der Waals surface area contributed by atoms with Crippen molar-refractivity contribution in [1.82, 2.24) is 0 Å². The maximum absolute atomic E-state index is 10.5. The van der Waals surface area contributed by atoms with Crippen molar-refractivity contribution in [1.29, 1.82) is 0 Å². The second-order valence-electron chi connectivity index (χ2n) is 3.70. The first-order valence-corrected chi connectivity index (χ1v) is 4.44. The van der Waals surface area contributed by atoms with Gasteiger partial charge < -0.3 is 9.84 Å². The van der Waals surface area contributed by atoms with Gasteiger partial charge >= 0.3 is 5.97 Å². The summed E-state index contributed by atoms with van der Waals surface area (Å²) in [5.74, 6) is -0.133. The average molecular weight is 172 g/mol. The molecule has 2 unspecified atom stereocenters. The van der Waals surface area contributed by atoms with Crippen molar-refractivity contribution in [3.8, 4) is 0 Å². The predicted molar refractivity (Wildman–Crippen MR) is 44.9 cm³/mol. The van der Waals surface area contributed by atoms with Crippen molar-refractivity contribution in [2.45, 2.75) is 32.8 Å². The highest BCUT2D eigenvalue weighted by Gasteiger charge is 2.31. The van der Waals surface area contributed by atoms with Crippen LogP contribution >= 0.6 is 0 Å². The maximum atomic E-state index is 10.5. The minimum absolute atomic E-state index is 0.191. The highest BCUT2D eigenvalue weighted by molar-refractivity contribution is 5.67. The molecule has 1 fully saturated rings. The molecule has 2 atom stereocenters. The number of carboxylic acid groups (broad SMARTS) is 1. The lowest BCUT2D eigenvalue weighted by atomic mass is 9.84. The van der Waals surface area contributed by atoms with Gasteiger partial charge in [-0.1, -0.05) is 13.8 Å². The summed E-state index contributed by atoms with van der Waals surface area (Å²) in [6, 6.07) is 0. The Morgan fingerprint density at radius 3 is 2.50 bits per heavy atom. The van der Waals surface area contributed by atoms with Crippen molar-refractivity contribution in [2.75, 3.05) is 6.61 Å². The summed E-state index contributed by atoms with van der Waals surface area (Å²) < 4.78 is 5.29. The Hall–Kier alpha value is -0.570. The second-order valence-corrected chi connectivity index (χ2v) is 3.70. The van der Waals surface area contributed by atoms with Crippen LogP contribution in [-0.4, -0.2) is 23.8 Å². The van der Waals surface area contributed by atoms with Crippen LogP contribution in [0.15, 0.2) is 0 Å². The van der Waals surface area contributed by atoms with Gasteiger partial charge in [-0.3, -0.25) is 4.79 Å². The predicted octanol–water partition coefficient (Wildman–Crippen LogP) is 1.52. The Labute approximate surface area is 72.7 Å². The SMILES string of the molecule is CC(C)C(CC(=O)O)C1CCO1. The molecule has 0 bridgehead atoms. The van der Waals surface area contributed by atoms with Crippen LogP contribution in [0.5, 0.6) is 0 Å². The topological polar surface area (TPSA) is 46.5 Å². The summed E-state index contributed by atoms with van der Waals surface area (Å²) >= 11 is 0. The normalized spacial score (nSPS) is 25.1. The number of carboxylic acids is 1. The van der Waals surface area contributed by atoms with E-state index in [4.69, 9.17) is 9.84 Å². The lowest BCUT2D eigenvalue weighted by Gasteiger charge is -2.35. The zero-order valence-electron chi connectivity index (χ0n) is 7.62. The molecule has 0 aromatic rings. The molecular weight excluding hydrogens is 156 g/mol. The van der Waals surface area contributed by atoms with Gasteiger partial charge in [0.15, 0.2) is 0 Å². The molecule has 1 saturated heterocycles. The van der Waals surface area contributed by atoms with E-state index in [0.29, 0.717) is 5.92 Å². The van der Waals surface area contributed by atoms with E-state index >= 15 is 0 Å². The molecule has 1 aliphatic heterocycles. The quantitative estimate of drug-likeness (QED) is 0.699. The van der Waals surface area contributed by atoms with Gasteiger partial charge in [-0.25, -0.2) is 0 Å². The van der Waals surface area contributed by atoms with Crippen LogP contribution < -0.4 is 0 Å². The molecule has 0 saturated carbocycles. The van der Waals surface area contributed by atoms with E-state index in [2.05, 4.69) is 13.8 Å². The van der Waals surface area contributed by atoms with Crippen molar-refractivity contribution in [2.24, 2.45) is 11.8 Å². The zero-order chi connectivity index (χ0) is 9.14. The minimum Gasteiger partial charge on any atom is -0.481 e. The first-order valence-electron chi connectivity index (χ1n) is 4.44. The molecule has 0 amide bonds. The molecular formula is C9H16O3. The molecule has 0 radical (unpaired) electrons. The van der Waals surface area contributed by atoms with Gasteiger partial charge in [0.25, 0.3) is 0 Å². The second kappa shape index (κ2) is 3.90. The summed E-state index contributed by atoms with van der Waals surface area (Å²) in [4.78, 5) is 10.5. The molecule has 70 valence electrons. The van der Waals surface area contributed by atoms with Crippen LogP contribution in [0, 0.1) is 11.8 Å². The van der Waals surface area contributed by atoms with E-state index in [9.17, 15) is 4.79 Å². The third-order valence-electron chi connectivity index (χ3n) is 2.48. The molecule has 0 aromatic heterocycles. The number of hydrogen-bond donors (Lipinski definition) is 1. The van der Waals surface area contributed by atoms with E-state index < -0.39 is 5.97 Å². The Bertz CT molecular complexity index is 161. The lowest BCUT2D eigenvalue weighted by Crippen LogP contribution is -2.38. The Morgan fingerprint density at radius 2 is 2.25 bits per heavy atom. The van der Waals surface area contributed by atoms with Crippen LogP contribution in [0.1, 0.15) is 26.7 Å². The van der Waals surface area contributed by atoms with Crippen molar-refractivity contribution in [3.05, 3.63) is 0 Å². The van der Waals surface area contributed by atoms with Gasteiger partial charge in [-0.05, 0) is 18.3 Å². The number of carbonyl (C=O) groups is 1. The van der Waals surface area contributed by atoms with Crippen molar-refractivity contribution in [3.63, 3.8) is 0 Å². The smallest absolute Gasteiger partial charge is 0.303 e. The van der Waals surface area contributed by atoms with Crippen LogP contribution in [0.4, 0.5) is 0 Å². The minimum atomic E-state index is -0.718. The number of ether oxygens (including phenoxy) is 1. The summed E-state index contributed by atoms with van der Waals surface area (Å²) in [6.07, 6.45) is 1.46. The fourth-order valence-corrected chi connectivity index (χ4v) is 1.59. The van der Waals surface area contributed by atoms with Crippen molar-refractivity contribution < 1.29 is 14.6 Å². The van der Waals surface area contributed by atoms with E-state index in [1.807, 2.05) is 0 Å². The third kappa shape index (κ3) is 2.21. The lowest BCUT2D eigenvalue weighted by molar-refractivity contribution is -0.145. The molecule has 3 nitrogen and oxygen atoms in total. The van der Waals surface area contributed by atoms with E-state index in [1.165, 1.54) is 0 Å². The molecule has 0 spiro atoms. The molecule has 12 heavy (non-hydrogen) atoms. The number of aliphatic carboxylic acids is 1. The van der Waals surface area contributed by atoms with Crippen LogP contribution in [0.3, 0.4) is 0 Å². The molecule has 1 N–H and O–H groups in total. The molecule has 1 aliphatic rings. The van der Waals surface area contributed by atoms with Gasteiger partial charge in [0, 0.05) is 6.61 Å². The zero-order valence-corrected chi connectivity index (χ0v) is 7.62. The Morgan fingerprint density at radius 1 is 1.67 bits per heavy atom. The van der Waals surface area contributed by atoms with Crippen LogP contribution in [0.2, 0.25) is 0 Å². The van der Waals surface area contributed by atoms with Gasteiger partial charge in [0.2, 0.25) is 0 Å². The largest absolute Gasteiger partial charge is 0.481 e. The fraction of sp³-hybridized carbons (Fsp3) is 0.889. The molecule has 0 aliphatic carbocycles. The van der Waals surface area contributed by atoms with Gasteiger partial charge in [0.1, 0.15) is 0 Å². The summed E-state index contributed by atoms with van der Waals surface area (Å²) in [5.41, 5.74) is 0. The first-order chi connectivity index (χ1) is 5.61. The van der Waals surface area contributed by atoms with E-state index in [1.54, 1.807) is 0 Å². The highest BCUT2D eigenvalue weighted by atomic mass is 16.5. The van der Waals surface area contributed by atoms with Gasteiger partial charge in [0.05, 0.1) is 12.5 Å². The van der Waals surface area contributed by atoms with Crippen LogP contribution in [-0.2, 0) is 9.53 Å². The average Bonchev–Trinajstić information content (AvgIpc) is 1.80. The van der Waals surface area contributed by atoms with E-state index in [0.717, 1.165) is 13.0 Å². The number of hydrogen-bond acceptors (Lipinski definition) is 2. The molecule has 3 heteroatoms.